The normalized spacial score (nSPS) is 22.9. The van der Waals surface area contributed by atoms with E-state index in [1.165, 1.54) is 17.7 Å². The van der Waals surface area contributed by atoms with E-state index in [2.05, 4.69) is 24.1 Å². The summed E-state index contributed by atoms with van der Waals surface area (Å²) in [7, 11) is -1.42. The summed E-state index contributed by atoms with van der Waals surface area (Å²) >= 11 is 1.58. The average Bonchev–Trinajstić information content (AvgIpc) is 3.36. The van der Waals surface area contributed by atoms with Crippen molar-refractivity contribution in [1.82, 2.24) is 9.88 Å². The van der Waals surface area contributed by atoms with Gasteiger partial charge in [-0.15, -0.1) is 11.3 Å². The summed E-state index contributed by atoms with van der Waals surface area (Å²) in [5.41, 5.74) is 1.89. The lowest BCUT2D eigenvalue weighted by atomic mass is 9.86. The Morgan fingerprint density at radius 2 is 1.89 bits per heavy atom. The zero-order valence-corrected chi connectivity index (χ0v) is 22.8. The number of ether oxygens (including phenoxy) is 1. The number of anilines is 1. The number of aromatic nitrogens is 1. The molecule has 0 spiro atoms. The summed E-state index contributed by atoms with van der Waals surface area (Å²) in [6.07, 6.45) is 5.33. The van der Waals surface area contributed by atoms with Crippen LogP contribution in [-0.4, -0.2) is 49.7 Å². The van der Waals surface area contributed by atoms with E-state index in [1.807, 2.05) is 7.11 Å². The van der Waals surface area contributed by atoms with Gasteiger partial charge in [-0.3, -0.25) is 9.69 Å². The summed E-state index contributed by atoms with van der Waals surface area (Å²) < 4.78 is 29.5. The lowest BCUT2D eigenvalue weighted by Gasteiger charge is -2.34. The van der Waals surface area contributed by atoms with Crippen molar-refractivity contribution < 1.29 is 17.9 Å². The number of hydrogen-bond acceptors (Lipinski definition) is 7. The van der Waals surface area contributed by atoms with Crippen LogP contribution in [-0.2, 0) is 32.3 Å². The van der Waals surface area contributed by atoms with Crippen LogP contribution in [0.15, 0.2) is 29.2 Å². The van der Waals surface area contributed by atoms with Gasteiger partial charge in [0.1, 0.15) is 0 Å². The van der Waals surface area contributed by atoms with Crippen molar-refractivity contribution in [2.75, 3.05) is 24.7 Å². The SMILES string of the molecule is CCS(=O)(=O)c1ccc(CC(=O)Nc2nc3c(s2)CN(CC2CCC(OC)CC2)C3C(C)C)cc1. The van der Waals surface area contributed by atoms with Gasteiger partial charge in [-0.2, -0.15) is 0 Å². The molecule has 1 N–H and O–H groups in total. The molecule has 1 aromatic heterocycles. The maximum absolute atomic E-state index is 12.7. The van der Waals surface area contributed by atoms with Gasteiger partial charge in [-0.05, 0) is 55.2 Å². The van der Waals surface area contributed by atoms with Crippen molar-refractivity contribution in [3.63, 3.8) is 0 Å². The van der Waals surface area contributed by atoms with Gasteiger partial charge in [-0.1, -0.05) is 32.9 Å². The molecule has 2 heterocycles. The molecular formula is C26H37N3O4S2. The molecule has 1 saturated carbocycles. The average molecular weight is 520 g/mol. The smallest absolute Gasteiger partial charge is 0.230 e. The third-order valence-corrected chi connectivity index (χ3v) is 9.99. The van der Waals surface area contributed by atoms with E-state index in [-0.39, 0.29) is 29.0 Å². The molecule has 1 fully saturated rings. The topological polar surface area (TPSA) is 88.6 Å². The molecule has 1 aliphatic carbocycles. The fourth-order valence-electron chi connectivity index (χ4n) is 5.34. The van der Waals surface area contributed by atoms with Gasteiger partial charge in [0.2, 0.25) is 5.91 Å². The molecule has 4 rings (SSSR count). The fourth-order valence-corrected chi connectivity index (χ4v) is 7.27. The lowest BCUT2D eigenvalue weighted by Crippen LogP contribution is -2.34. The Morgan fingerprint density at radius 1 is 1.20 bits per heavy atom. The number of sulfone groups is 1. The molecule has 192 valence electrons. The highest BCUT2D eigenvalue weighted by molar-refractivity contribution is 7.91. The number of carbonyl (C=O) groups is 1. The number of nitrogens with one attached hydrogen (secondary N) is 1. The molecule has 1 aromatic carbocycles. The molecule has 1 aliphatic heterocycles. The first-order valence-corrected chi connectivity index (χ1v) is 15.0. The number of methoxy groups -OCH3 is 1. The van der Waals surface area contributed by atoms with Crippen molar-refractivity contribution in [3.05, 3.63) is 40.4 Å². The fraction of sp³-hybridized carbons (Fsp3) is 0.615. The zero-order valence-electron chi connectivity index (χ0n) is 21.1. The van der Waals surface area contributed by atoms with Gasteiger partial charge in [0.25, 0.3) is 0 Å². The summed E-state index contributed by atoms with van der Waals surface area (Å²) in [5.74, 6) is 1.06. The second-order valence-corrected chi connectivity index (χ2v) is 13.5. The molecule has 0 radical (unpaired) electrons. The first-order chi connectivity index (χ1) is 16.7. The van der Waals surface area contributed by atoms with Crippen LogP contribution in [0.5, 0.6) is 0 Å². The van der Waals surface area contributed by atoms with Crippen LogP contribution < -0.4 is 5.32 Å². The van der Waals surface area contributed by atoms with Crippen LogP contribution in [0.2, 0.25) is 0 Å². The minimum atomic E-state index is -3.24. The Morgan fingerprint density at radius 3 is 2.49 bits per heavy atom. The van der Waals surface area contributed by atoms with E-state index >= 15 is 0 Å². The van der Waals surface area contributed by atoms with Gasteiger partial charge in [0.05, 0.1) is 34.9 Å². The molecule has 9 heteroatoms. The minimum absolute atomic E-state index is 0.0608. The van der Waals surface area contributed by atoms with Crippen LogP contribution in [0.4, 0.5) is 5.13 Å². The molecule has 2 aromatic rings. The van der Waals surface area contributed by atoms with E-state index in [0.717, 1.165) is 37.2 Å². The highest BCUT2D eigenvalue weighted by atomic mass is 32.2. The third-order valence-electron chi connectivity index (χ3n) is 7.27. The third kappa shape index (κ3) is 6.13. The summed E-state index contributed by atoms with van der Waals surface area (Å²) in [4.78, 5) is 21.6. The van der Waals surface area contributed by atoms with Crippen LogP contribution >= 0.6 is 11.3 Å². The van der Waals surface area contributed by atoms with Crippen LogP contribution in [0.25, 0.3) is 0 Å². The highest BCUT2D eigenvalue weighted by Gasteiger charge is 2.37. The summed E-state index contributed by atoms with van der Waals surface area (Å²) in [5, 5.41) is 3.61. The number of thiazole rings is 1. The maximum Gasteiger partial charge on any atom is 0.230 e. The number of nitrogens with zero attached hydrogens (tertiary/aromatic N) is 2. The van der Waals surface area contributed by atoms with Crippen molar-refractivity contribution in [2.45, 2.75) is 76.5 Å². The Labute approximate surface area is 213 Å². The molecule has 35 heavy (non-hydrogen) atoms. The number of amides is 1. The van der Waals surface area contributed by atoms with Crippen LogP contribution in [0.1, 0.15) is 68.6 Å². The Hall–Kier alpha value is -1.81. The Balaban J connectivity index is 1.36. The second-order valence-electron chi connectivity index (χ2n) is 10.1. The number of carbonyl (C=O) groups excluding carboxylic acids is 1. The lowest BCUT2D eigenvalue weighted by molar-refractivity contribution is -0.115. The Kier molecular flexibility index (Phi) is 8.30. The van der Waals surface area contributed by atoms with Gasteiger partial charge in [0, 0.05) is 25.1 Å². The molecular weight excluding hydrogens is 482 g/mol. The van der Waals surface area contributed by atoms with Gasteiger partial charge in [0.15, 0.2) is 15.0 Å². The van der Waals surface area contributed by atoms with Crippen LogP contribution in [0, 0.1) is 11.8 Å². The van der Waals surface area contributed by atoms with Gasteiger partial charge >= 0.3 is 0 Å². The van der Waals surface area contributed by atoms with Crippen molar-refractivity contribution in [3.8, 4) is 0 Å². The van der Waals surface area contributed by atoms with E-state index in [9.17, 15) is 13.2 Å². The predicted octanol–water partition coefficient (Wildman–Crippen LogP) is 4.84. The van der Waals surface area contributed by atoms with Crippen LogP contribution in [0.3, 0.4) is 0 Å². The number of hydrogen-bond donors (Lipinski definition) is 1. The number of benzene rings is 1. The molecule has 7 nitrogen and oxygen atoms in total. The molecule has 1 atom stereocenters. The molecule has 2 aliphatic rings. The van der Waals surface area contributed by atoms with Gasteiger partial charge < -0.3 is 10.1 Å². The predicted molar refractivity (Wildman–Crippen MR) is 139 cm³/mol. The largest absolute Gasteiger partial charge is 0.381 e. The molecule has 1 amide bonds. The van der Waals surface area contributed by atoms with Gasteiger partial charge in [-0.25, -0.2) is 13.4 Å². The standard InChI is InChI=1S/C26H37N3O4S2/c1-5-35(31,32)21-12-8-18(9-13-21)14-23(30)27-26-28-24-22(34-26)16-29(25(24)17(2)3)15-19-6-10-20(33-4)11-7-19/h8-9,12-13,17,19-20,25H,5-7,10-11,14-16H2,1-4H3,(H,27,28,30). The number of rotatable bonds is 9. The second kappa shape index (κ2) is 11.1. The van der Waals surface area contributed by atoms with Crippen molar-refractivity contribution in [2.24, 2.45) is 11.8 Å². The van der Waals surface area contributed by atoms with Crippen molar-refractivity contribution >= 4 is 32.2 Å². The molecule has 0 bridgehead atoms. The zero-order chi connectivity index (χ0) is 25.2. The first kappa shape index (κ1) is 26.3. The monoisotopic (exact) mass is 519 g/mol. The quantitative estimate of drug-likeness (QED) is 0.510. The van der Waals surface area contributed by atoms with E-state index in [1.54, 1.807) is 42.5 Å². The Bertz CT molecular complexity index is 1120. The van der Waals surface area contributed by atoms with E-state index in [0.29, 0.717) is 23.1 Å². The highest BCUT2D eigenvalue weighted by Crippen LogP contribution is 2.43. The maximum atomic E-state index is 12.7. The summed E-state index contributed by atoms with van der Waals surface area (Å²) in [6, 6.07) is 6.83. The number of fused-ring (bicyclic) bond motifs is 1. The summed E-state index contributed by atoms with van der Waals surface area (Å²) in [6.45, 7) is 8.10. The van der Waals surface area contributed by atoms with Crippen molar-refractivity contribution in [1.29, 1.82) is 0 Å². The van der Waals surface area contributed by atoms with E-state index < -0.39 is 9.84 Å². The molecule has 1 unspecified atom stereocenters. The van der Waals surface area contributed by atoms with E-state index in [4.69, 9.17) is 9.72 Å². The molecule has 0 saturated heterocycles. The minimum Gasteiger partial charge on any atom is -0.381 e. The first-order valence-electron chi connectivity index (χ1n) is 12.6.